The lowest BCUT2D eigenvalue weighted by molar-refractivity contribution is -0.168. The molecule has 1 heterocycles. The van der Waals surface area contributed by atoms with Crippen molar-refractivity contribution < 1.29 is 9.53 Å². The van der Waals surface area contributed by atoms with Crippen molar-refractivity contribution in [2.75, 3.05) is 0 Å². The lowest BCUT2D eigenvalue weighted by Crippen LogP contribution is -2.50. The quantitative estimate of drug-likeness (QED) is 0.568. The van der Waals surface area contributed by atoms with Crippen molar-refractivity contribution >= 4 is 6.29 Å². The molecule has 20 heavy (non-hydrogen) atoms. The monoisotopic (exact) mass is 278 g/mol. The van der Waals surface area contributed by atoms with Crippen molar-refractivity contribution in [1.82, 2.24) is 0 Å². The van der Waals surface area contributed by atoms with E-state index in [0.717, 1.165) is 25.5 Å². The number of rotatable bonds is 4. The van der Waals surface area contributed by atoms with E-state index in [1.165, 1.54) is 6.42 Å². The largest absolute Gasteiger partial charge is 0.374 e. The summed E-state index contributed by atoms with van der Waals surface area (Å²) in [6.07, 6.45) is 10.5. The molecule has 0 N–H and O–H groups in total. The number of carbonyl (C=O) groups is 1. The molecule has 0 aromatic carbocycles. The third kappa shape index (κ3) is 3.16. The molecule has 1 saturated carbocycles. The normalized spacial score (nSPS) is 43.2. The third-order valence-corrected chi connectivity index (χ3v) is 5.74. The highest BCUT2D eigenvalue weighted by atomic mass is 16.5. The van der Waals surface area contributed by atoms with Crippen molar-refractivity contribution in [1.29, 1.82) is 0 Å². The van der Waals surface area contributed by atoms with Gasteiger partial charge in [0.1, 0.15) is 6.29 Å². The van der Waals surface area contributed by atoms with E-state index in [1.807, 2.05) is 0 Å². The molecule has 1 aliphatic heterocycles. The van der Waals surface area contributed by atoms with Crippen molar-refractivity contribution in [2.45, 2.75) is 65.6 Å². The number of hydrogen-bond donors (Lipinski definition) is 0. The van der Waals surface area contributed by atoms with Crippen LogP contribution < -0.4 is 0 Å². The summed E-state index contributed by atoms with van der Waals surface area (Å²) in [7, 11) is 0. The van der Waals surface area contributed by atoms with Crippen LogP contribution in [-0.4, -0.2) is 18.5 Å². The van der Waals surface area contributed by atoms with E-state index < -0.39 is 0 Å². The topological polar surface area (TPSA) is 26.3 Å². The lowest BCUT2D eigenvalue weighted by Gasteiger charge is -2.50. The van der Waals surface area contributed by atoms with Crippen LogP contribution in [0.25, 0.3) is 0 Å². The van der Waals surface area contributed by atoms with Gasteiger partial charge in [-0.3, -0.25) is 0 Å². The molecule has 0 aromatic rings. The number of aldehydes is 1. The Morgan fingerprint density at radius 1 is 1.25 bits per heavy atom. The van der Waals surface area contributed by atoms with E-state index in [4.69, 9.17) is 4.74 Å². The van der Waals surface area contributed by atoms with Crippen molar-refractivity contribution in [3.05, 3.63) is 12.2 Å². The molecule has 2 nitrogen and oxygen atoms in total. The molecule has 2 aliphatic rings. The van der Waals surface area contributed by atoms with Crippen molar-refractivity contribution in [3.8, 4) is 0 Å². The van der Waals surface area contributed by atoms with Crippen molar-refractivity contribution in [3.63, 3.8) is 0 Å². The molecule has 0 aromatic heterocycles. The van der Waals surface area contributed by atoms with Gasteiger partial charge in [0.15, 0.2) is 0 Å². The van der Waals surface area contributed by atoms with Crippen LogP contribution in [0.5, 0.6) is 0 Å². The zero-order valence-corrected chi connectivity index (χ0v) is 13.4. The Bertz CT molecular complexity index is 347. The summed E-state index contributed by atoms with van der Waals surface area (Å²) < 4.78 is 6.47. The van der Waals surface area contributed by atoms with E-state index in [-0.39, 0.29) is 0 Å². The maximum atomic E-state index is 10.8. The van der Waals surface area contributed by atoms with E-state index in [9.17, 15) is 4.79 Å². The summed E-state index contributed by atoms with van der Waals surface area (Å²) >= 11 is 0. The smallest absolute Gasteiger partial charge is 0.120 e. The van der Waals surface area contributed by atoms with E-state index >= 15 is 0 Å². The van der Waals surface area contributed by atoms with Gasteiger partial charge in [-0.2, -0.15) is 0 Å². The van der Waals surface area contributed by atoms with Crippen LogP contribution in [-0.2, 0) is 9.53 Å². The van der Waals surface area contributed by atoms with Gasteiger partial charge < -0.3 is 9.53 Å². The second-order valence-electron chi connectivity index (χ2n) is 6.99. The number of ether oxygens (including phenoxy) is 1. The number of allylic oxidation sites excluding steroid dienone is 1. The average Bonchev–Trinajstić information content (AvgIpc) is 2.44. The highest BCUT2D eigenvalue weighted by Gasteiger charge is 2.44. The molecule has 0 amide bonds. The fourth-order valence-corrected chi connectivity index (χ4v) is 4.37. The minimum absolute atomic E-state index is 0.352. The lowest BCUT2D eigenvalue weighted by atomic mass is 9.65. The first-order chi connectivity index (χ1) is 9.58. The highest BCUT2D eigenvalue weighted by molar-refractivity contribution is 5.49. The Kier molecular flexibility index (Phi) is 5.42. The second kappa shape index (κ2) is 6.89. The van der Waals surface area contributed by atoms with Crippen LogP contribution in [0, 0.1) is 29.6 Å². The molecule has 0 radical (unpaired) electrons. The fraction of sp³-hybridized carbons (Fsp3) is 0.833. The standard InChI is InChI=1S/C18H30O2/c1-5-6-12(2)18-14(4)13(3)16-11-15(9-10-19)7-8-17(16)20-18/h5-6,10,12-18H,7-9,11H2,1-4H3/b6-5+/t12-,13+,14-,15+,16+,17-,18-/m0/s1. The van der Waals surface area contributed by atoms with Crippen molar-refractivity contribution in [2.24, 2.45) is 29.6 Å². The Morgan fingerprint density at radius 2 is 2.00 bits per heavy atom. The Hall–Kier alpha value is -0.630. The molecule has 114 valence electrons. The van der Waals surface area contributed by atoms with Crippen LogP contribution in [0.3, 0.4) is 0 Å². The van der Waals surface area contributed by atoms with Gasteiger partial charge in [-0.05, 0) is 49.9 Å². The van der Waals surface area contributed by atoms with Crippen LogP contribution in [0.15, 0.2) is 12.2 Å². The molecule has 2 heteroatoms. The molecule has 1 saturated heterocycles. The second-order valence-corrected chi connectivity index (χ2v) is 6.99. The fourth-order valence-electron chi connectivity index (χ4n) is 4.37. The van der Waals surface area contributed by atoms with E-state index in [2.05, 4.69) is 39.8 Å². The predicted octanol–water partition coefficient (Wildman–Crippen LogP) is 4.24. The van der Waals surface area contributed by atoms with Gasteiger partial charge >= 0.3 is 0 Å². The van der Waals surface area contributed by atoms with Gasteiger partial charge in [-0.1, -0.05) is 32.9 Å². The van der Waals surface area contributed by atoms with Gasteiger partial charge in [-0.15, -0.1) is 0 Å². The molecule has 0 spiro atoms. The summed E-state index contributed by atoms with van der Waals surface area (Å²) in [6, 6.07) is 0. The summed E-state index contributed by atoms with van der Waals surface area (Å²) in [6.45, 7) is 9.09. The maximum Gasteiger partial charge on any atom is 0.120 e. The number of carbonyl (C=O) groups excluding carboxylic acids is 1. The Balaban J connectivity index is 2.06. The summed E-state index contributed by atoms with van der Waals surface area (Å²) in [5.74, 6) is 3.03. The first-order valence-electron chi connectivity index (χ1n) is 8.30. The van der Waals surface area contributed by atoms with Crippen LogP contribution in [0.4, 0.5) is 0 Å². The minimum Gasteiger partial charge on any atom is -0.374 e. The number of hydrogen-bond acceptors (Lipinski definition) is 2. The maximum absolute atomic E-state index is 10.8. The van der Waals surface area contributed by atoms with E-state index in [1.54, 1.807) is 0 Å². The highest BCUT2D eigenvalue weighted by Crippen LogP contribution is 2.46. The first-order valence-corrected chi connectivity index (χ1v) is 8.30. The van der Waals surface area contributed by atoms with Gasteiger partial charge in [0.25, 0.3) is 0 Å². The molecule has 0 unspecified atom stereocenters. The van der Waals surface area contributed by atoms with Crippen LogP contribution in [0.2, 0.25) is 0 Å². The molecule has 7 atom stereocenters. The predicted molar refractivity (Wildman–Crippen MR) is 82.5 cm³/mol. The molecule has 2 rings (SSSR count). The minimum atomic E-state index is 0.352. The van der Waals surface area contributed by atoms with Crippen LogP contribution in [0.1, 0.15) is 53.4 Å². The zero-order valence-electron chi connectivity index (χ0n) is 13.4. The molecular weight excluding hydrogens is 248 g/mol. The first kappa shape index (κ1) is 15.8. The average molecular weight is 278 g/mol. The van der Waals surface area contributed by atoms with Gasteiger partial charge in [0, 0.05) is 12.3 Å². The molecule has 0 bridgehead atoms. The van der Waals surface area contributed by atoms with Gasteiger partial charge in [0.2, 0.25) is 0 Å². The van der Waals surface area contributed by atoms with Gasteiger partial charge in [0.05, 0.1) is 12.2 Å². The van der Waals surface area contributed by atoms with Crippen LogP contribution >= 0.6 is 0 Å². The third-order valence-electron chi connectivity index (χ3n) is 5.74. The molecular formula is C18H30O2. The Labute approximate surface area is 124 Å². The van der Waals surface area contributed by atoms with E-state index in [0.29, 0.717) is 41.8 Å². The number of fused-ring (bicyclic) bond motifs is 1. The summed E-state index contributed by atoms with van der Waals surface area (Å²) in [5, 5.41) is 0. The molecule has 1 aliphatic carbocycles. The summed E-state index contributed by atoms with van der Waals surface area (Å²) in [4.78, 5) is 10.8. The summed E-state index contributed by atoms with van der Waals surface area (Å²) in [5.41, 5.74) is 0. The zero-order chi connectivity index (χ0) is 14.7. The Morgan fingerprint density at radius 3 is 2.65 bits per heavy atom. The SMILES string of the molecule is C/C=C/[C@H](C)[C@@H]1O[C@H]2CC[C@H](CC=O)C[C@@H]2[C@H](C)[C@@H]1C. The van der Waals surface area contributed by atoms with Gasteiger partial charge in [-0.25, -0.2) is 0 Å². The molecule has 2 fully saturated rings.